The number of aryl methyl sites for hydroxylation is 2. The van der Waals surface area contributed by atoms with E-state index in [1.54, 1.807) is 20.1 Å². The van der Waals surface area contributed by atoms with Gasteiger partial charge in [0, 0.05) is 11.6 Å². The lowest BCUT2D eigenvalue weighted by Crippen LogP contribution is -2.46. The van der Waals surface area contributed by atoms with Gasteiger partial charge in [-0.3, -0.25) is 20.4 Å². The second-order valence-electron chi connectivity index (χ2n) is 6.52. The minimum atomic E-state index is -0.762. The van der Waals surface area contributed by atoms with Gasteiger partial charge in [-0.25, -0.2) is 0 Å². The second-order valence-corrected chi connectivity index (χ2v) is 6.52. The summed E-state index contributed by atoms with van der Waals surface area (Å²) in [7, 11) is 1.57. The number of nitrogens with one attached hydrogen (secondary N) is 2. The zero-order chi connectivity index (χ0) is 20.7. The molecule has 0 aliphatic rings. The Balaban J connectivity index is 1.90. The lowest BCUT2D eigenvalue weighted by molar-refractivity contribution is -0.131. The highest BCUT2D eigenvalue weighted by molar-refractivity contribution is 5.94. The van der Waals surface area contributed by atoms with Crippen LogP contribution in [0.1, 0.15) is 29.2 Å². The van der Waals surface area contributed by atoms with Crippen LogP contribution < -0.4 is 20.3 Å². The van der Waals surface area contributed by atoms with Crippen LogP contribution in [0.25, 0.3) is 6.08 Å². The zero-order valence-electron chi connectivity index (χ0n) is 16.8. The predicted molar refractivity (Wildman–Crippen MR) is 109 cm³/mol. The average Bonchev–Trinajstić information content (AvgIpc) is 2.68. The summed E-state index contributed by atoms with van der Waals surface area (Å²) in [6.45, 7) is 7.48. The van der Waals surface area contributed by atoms with Gasteiger partial charge in [0.15, 0.2) is 6.10 Å². The van der Waals surface area contributed by atoms with Gasteiger partial charge < -0.3 is 9.47 Å². The molecule has 0 aliphatic heterocycles. The van der Waals surface area contributed by atoms with Crippen LogP contribution in [0.2, 0.25) is 0 Å². The second kappa shape index (κ2) is 9.60. The third kappa shape index (κ3) is 5.61. The predicted octanol–water partition coefficient (Wildman–Crippen LogP) is 3.25. The van der Waals surface area contributed by atoms with Crippen LogP contribution in [0, 0.1) is 20.8 Å². The minimum Gasteiger partial charge on any atom is -0.496 e. The van der Waals surface area contributed by atoms with Gasteiger partial charge in [0.25, 0.3) is 11.8 Å². The Labute approximate surface area is 165 Å². The van der Waals surface area contributed by atoms with Crippen LogP contribution in [-0.4, -0.2) is 25.0 Å². The van der Waals surface area contributed by atoms with Crippen molar-refractivity contribution in [1.82, 2.24) is 10.9 Å². The van der Waals surface area contributed by atoms with E-state index in [0.717, 1.165) is 22.3 Å². The first-order valence-corrected chi connectivity index (χ1v) is 8.97. The van der Waals surface area contributed by atoms with E-state index >= 15 is 0 Å². The van der Waals surface area contributed by atoms with Crippen molar-refractivity contribution >= 4 is 17.9 Å². The molecule has 2 N–H and O–H groups in total. The molecular formula is C22H26N2O4. The number of carbonyl (C=O) groups is 2. The van der Waals surface area contributed by atoms with E-state index in [2.05, 4.69) is 10.9 Å². The van der Waals surface area contributed by atoms with Crippen LogP contribution >= 0.6 is 0 Å². The number of ether oxygens (including phenoxy) is 2. The minimum absolute atomic E-state index is 0.448. The molecule has 2 aromatic rings. The quantitative estimate of drug-likeness (QED) is 0.594. The first-order chi connectivity index (χ1) is 13.3. The molecule has 148 valence electrons. The number of hydrazine groups is 1. The smallest absolute Gasteiger partial charge is 0.279 e. The van der Waals surface area contributed by atoms with Crippen LogP contribution in [0.3, 0.4) is 0 Å². The summed E-state index contributed by atoms with van der Waals surface area (Å²) >= 11 is 0. The van der Waals surface area contributed by atoms with Crippen molar-refractivity contribution in [1.29, 1.82) is 0 Å². The molecule has 0 unspecified atom stereocenters. The van der Waals surface area contributed by atoms with Crippen LogP contribution in [0.5, 0.6) is 11.5 Å². The molecule has 28 heavy (non-hydrogen) atoms. The van der Waals surface area contributed by atoms with Crippen molar-refractivity contribution in [3.63, 3.8) is 0 Å². The maximum atomic E-state index is 12.2. The number of benzene rings is 2. The molecule has 1 atom stereocenters. The van der Waals surface area contributed by atoms with Gasteiger partial charge in [-0.1, -0.05) is 23.8 Å². The number of rotatable bonds is 6. The highest BCUT2D eigenvalue weighted by Crippen LogP contribution is 2.22. The fourth-order valence-electron chi connectivity index (χ4n) is 2.51. The molecule has 0 bridgehead atoms. The van der Waals surface area contributed by atoms with Gasteiger partial charge in [0.1, 0.15) is 11.5 Å². The number of carbonyl (C=O) groups excluding carboxylic acids is 2. The van der Waals surface area contributed by atoms with Gasteiger partial charge in [-0.2, -0.15) is 0 Å². The van der Waals surface area contributed by atoms with Gasteiger partial charge in [0.05, 0.1) is 7.11 Å². The molecule has 0 heterocycles. The van der Waals surface area contributed by atoms with Crippen molar-refractivity contribution < 1.29 is 19.1 Å². The van der Waals surface area contributed by atoms with Crippen LogP contribution in [-0.2, 0) is 9.59 Å². The Kier molecular flexibility index (Phi) is 7.21. The molecule has 0 spiro atoms. The summed E-state index contributed by atoms with van der Waals surface area (Å²) in [6, 6.07) is 11.3. The Bertz CT molecular complexity index is 890. The highest BCUT2D eigenvalue weighted by Gasteiger charge is 2.16. The lowest BCUT2D eigenvalue weighted by Gasteiger charge is -2.17. The third-order valence-corrected chi connectivity index (χ3v) is 4.34. The molecule has 0 aliphatic carbocycles. The molecule has 0 aromatic heterocycles. The van der Waals surface area contributed by atoms with E-state index in [-0.39, 0.29) is 0 Å². The molecule has 2 rings (SSSR count). The number of hydrogen-bond donors (Lipinski definition) is 2. The zero-order valence-corrected chi connectivity index (χ0v) is 16.8. The summed E-state index contributed by atoms with van der Waals surface area (Å²) in [5.41, 5.74) is 8.59. The molecule has 0 fully saturated rings. The largest absolute Gasteiger partial charge is 0.496 e. The van der Waals surface area contributed by atoms with E-state index in [1.165, 1.54) is 6.08 Å². The van der Waals surface area contributed by atoms with E-state index in [0.29, 0.717) is 11.5 Å². The fraction of sp³-hybridized carbons (Fsp3) is 0.273. The summed E-state index contributed by atoms with van der Waals surface area (Å²) < 4.78 is 11.0. The Morgan fingerprint density at radius 1 is 1.04 bits per heavy atom. The van der Waals surface area contributed by atoms with Crippen molar-refractivity contribution in [3.8, 4) is 11.5 Å². The summed E-state index contributed by atoms with van der Waals surface area (Å²) in [4.78, 5) is 24.2. The Morgan fingerprint density at radius 2 is 1.79 bits per heavy atom. The fourth-order valence-corrected chi connectivity index (χ4v) is 2.51. The van der Waals surface area contributed by atoms with E-state index < -0.39 is 17.9 Å². The van der Waals surface area contributed by atoms with E-state index in [9.17, 15) is 9.59 Å². The standard InChI is InChI=1S/C22H26N2O4/c1-14-9-11-20(27-5)18(13-14)10-12-21(25)23-24-22(26)17(4)28-19-8-6-7-15(2)16(19)3/h6-13,17H,1-5H3,(H,23,25)(H,24,26)/b12-10+/t17-/m1/s1. The van der Waals surface area contributed by atoms with Crippen LogP contribution in [0.15, 0.2) is 42.5 Å². The first kappa shape index (κ1) is 21.0. The topological polar surface area (TPSA) is 76.7 Å². The molecule has 2 aromatic carbocycles. The normalized spacial score (nSPS) is 11.8. The average molecular weight is 382 g/mol. The molecule has 2 amide bonds. The van der Waals surface area contributed by atoms with Crippen molar-refractivity contribution in [2.75, 3.05) is 7.11 Å². The SMILES string of the molecule is COc1ccc(C)cc1/C=C/C(=O)NNC(=O)[C@@H](C)Oc1cccc(C)c1C. The highest BCUT2D eigenvalue weighted by atomic mass is 16.5. The molecule has 0 radical (unpaired) electrons. The number of hydrogen-bond acceptors (Lipinski definition) is 4. The molecule has 6 nitrogen and oxygen atoms in total. The first-order valence-electron chi connectivity index (χ1n) is 8.97. The summed E-state index contributed by atoms with van der Waals surface area (Å²) in [6.07, 6.45) is 2.19. The van der Waals surface area contributed by atoms with Gasteiger partial charge in [0.2, 0.25) is 0 Å². The lowest BCUT2D eigenvalue weighted by atomic mass is 10.1. The van der Waals surface area contributed by atoms with E-state index in [4.69, 9.17) is 9.47 Å². The monoisotopic (exact) mass is 382 g/mol. The third-order valence-electron chi connectivity index (χ3n) is 4.34. The van der Waals surface area contributed by atoms with E-state index in [1.807, 2.05) is 57.2 Å². The van der Waals surface area contributed by atoms with Crippen molar-refractivity contribution in [2.24, 2.45) is 0 Å². The maximum Gasteiger partial charge on any atom is 0.279 e. The number of methoxy groups -OCH3 is 1. The molecule has 0 saturated carbocycles. The van der Waals surface area contributed by atoms with Crippen LogP contribution in [0.4, 0.5) is 0 Å². The van der Waals surface area contributed by atoms with Gasteiger partial charge in [-0.05, 0) is 63.1 Å². The van der Waals surface area contributed by atoms with Gasteiger partial charge in [-0.15, -0.1) is 0 Å². The number of amides is 2. The Morgan fingerprint density at radius 3 is 2.50 bits per heavy atom. The van der Waals surface area contributed by atoms with Crippen molar-refractivity contribution in [2.45, 2.75) is 33.8 Å². The summed E-state index contributed by atoms with van der Waals surface area (Å²) in [5, 5.41) is 0. The van der Waals surface area contributed by atoms with Crippen molar-refractivity contribution in [3.05, 3.63) is 64.7 Å². The molecule has 0 saturated heterocycles. The van der Waals surface area contributed by atoms with Gasteiger partial charge >= 0.3 is 0 Å². The molecular weight excluding hydrogens is 356 g/mol. The summed E-state index contributed by atoms with van der Waals surface area (Å²) in [5.74, 6) is 0.390. The Hall–Kier alpha value is -3.28. The molecule has 6 heteroatoms. The maximum absolute atomic E-state index is 12.2.